The minimum Gasteiger partial charge on any atom is -0.382 e. The second kappa shape index (κ2) is 3.83. The highest BCUT2D eigenvalue weighted by Crippen LogP contribution is 2.23. The van der Waals surface area contributed by atoms with E-state index in [0.29, 0.717) is 5.82 Å². The summed E-state index contributed by atoms with van der Waals surface area (Å²) in [6.45, 7) is 0. The zero-order chi connectivity index (χ0) is 11.7. The van der Waals surface area contributed by atoms with Crippen molar-refractivity contribution in [3.8, 4) is 0 Å². The van der Waals surface area contributed by atoms with Gasteiger partial charge in [-0.25, -0.2) is 0 Å². The van der Waals surface area contributed by atoms with Crippen LogP contribution in [0.2, 0.25) is 0 Å². The van der Waals surface area contributed by atoms with E-state index < -0.39 is 0 Å². The number of nitrogens with zero attached hydrogens (tertiary/aromatic N) is 1. The van der Waals surface area contributed by atoms with E-state index in [-0.39, 0.29) is 0 Å². The molecule has 4 nitrogen and oxygen atoms in total. The van der Waals surface area contributed by atoms with Gasteiger partial charge in [-0.2, -0.15) is 5.10 Å². The fourth-order valence-corrected chi connectivity index (χ4v) is 1.81. The first-order valence-corrected chi connectivity index (χ1v) is 5.38. The van der Waals surface area contributed by atoms with Gasteiger partial charge in [0, 0.05) is 16.8 Å². The molecule has 0 spiro atoms. The lowest BCUT2D eigenvalue weighted by atomic mass is 10.2. The SMILES string of the molecule is Nc1n[nH]c2cc(Nc3ccccc3)ccc12. The number of fused-ring (bicyclic) bond motifs is 1. The summed E-state index contributed by atoms with van der Waals surface area (Å²) >= 11 is 0. The fourth-order valence-electron chi connectivity index (χ4n) is 1.81. The molecule has 3 aromatic rings. The molecule has 3 rings (SSSR count). The van der Waals surface area contributed by atoms with Crippen LogP contribution in [0.5, 0.6) is 0 Å². The number of nitrogens with two attached hydrogens (primary N) is 1. The van der Waals surface area contributed by atoms with Gasteiger partial charge in [0.15, 0.2) is 5.82 Å². The van der Waals surface area contributed by atoms with Gasteiger partial charge in [-0.1, -0.05) is 18.2 Å². The minimum atomic E-state index is 0.534. The van der Waals surface area contributed by atoms with E-state index in [9.17, 15) is 0 Å². The van der Waals surface area contributed by atoms with Crippen LogP contribution in [0, 0.1) is 0 Å². The molecule has 1 aromatic heterocycles. The molecule has 0 bridgehead atoms. The number of hydrogen-bond donors (Lipinski definition) is 3. The first-order chi connectivity index (χ1) is 8.33. The molecule has 0 atom stereocenters. The molecule has 17 heavy (non-hydrogen) atoms. The predicted octanol–water partition coefficient (Wildman–Crippen LogP) is 2.89. The van der Waals surface area contributed by atoms with E-state index in [4.69, 9.17) is 5.73 Å². The molecule has 0 amide bonds. The number of nitrogen functional groups attached to an aromatic ring is 1. The fraction of sp³-hybridized carbons (Fsp3) is 0. The highest BCUT2D eigenvalue weighted by atomic mass is 15.1. The van der Waals surface area contributed by atoms with Crippen molar-refractivity contribution in [3.63, 3.8) is 0 Å². The summed E-state index contributed by atoms with van der Waals surface area (Å²) in [5.41, 5.74) is 8.71. The highest BCUT2D eigenvalue weighted by molar-refractivity contribution is 5.91. The maximum atomic E-state index is 5.72. The van der Waals surface area contributed by atoms with Crippen molar-refractivity contribution < 1.29 is 0 Å². The van der Waals surface area contributed by atoms with Crippen LogP contribution in [-0.4, -0.2) is 10.2 Å². The Bertz CT molecular complexity index is 643. The largest absolute Gasteiger partial charge is 0.382 e. The van der Waals surface area contributed by atoms with Crippen molar-refractivity contribution >= 4 is 28.1 Å². The molecule has 4 heteroatoms. The van der Waals surface area contributed by atoms with E-state index in [2.05, 4.69) is 15.5 Å². The van der Waals surface area contributed by atoms with Crippen LogP contribution in [0.25, 0.3) is 10.9 Å². The highest BCUT2D eigenvalue weighted by Gasteiger charge is 2.02. The van der Waals surface area contributed by atoms with Gasteiger partial charge in [0.05, 0.1) is 5.52 Å². The second-order valence-corrected chi connectivity index (χ2v) is 3.86. The summed E-state index contributed by atoms with van der Waals surface area (Å²) in [6, 6.07) is 16.0. The van der Waals surface area contributed by atoms with Crippen LogP contribution < -0.4 is 11.1 Å². The summed E-state index contributed by atoms with van der Waals surface area (Å²) in [7, 11) is 0. The number of anilines is 3. The number of nitrogens with one attached hydrogen (secondary N) is 2. The third kappa shape index (κ3) is 1.80. The maximum Gasteiger partial charge on any atom is 0.153 e. The Hall–Kier alpha value is -2.49. The van der Waals surface area contributed by atoms with Crippen LogP contribution in [0.3, 0.4) is 0 Å². The molecule has 0 aliphatic rings. The third-order valence-electron chi connectivity index (χ3n) is 2.65. The maximum absolute atomic E-state index is 5.72. The van der Waals surface area contributed by atoms with Gasteiger partial charge < -0.3 is 11.1 Å². The first-order valence-electron chi connectivity index (χ1n) is 5.38. The molecule has 2 aromatic carbocycles. The zero-order valence-electron chi connectivity index (χ0n) is 9.14. The van der Waals surface area contributed by atoms with Gasteiger partial charge in [-0.05, 0) is 30.3 Å². The van der Waals surface area contributed by atoms with Crippen molar-refractivity contribution in [2.45, 2.75) is 0 Å². The standard InChI is InChI=1S/C13H12N4/c14-13-11-7-6-10(8-12(11)16-17-13)15-9-4-2-1-3-5-9/h1-8,15H,(H3,14,16,17). The summed E-state index contributed by atoms with van der Waals surface area (Å²) in [6.07, 6.45) is 0. The second-order valence-electron chi connectivity index (χ2n) is 3.86. The zero-order valence-corrected chi connectivity index (χ0v) is 9.14. The summed E-state index contributed by atoms with van der Waals surface area (Å²) in [5.74, 6) is 0.534. The summed E-state index contributed by atoms with van der Waals surface area (Å²) in [5, 5.41) is 11.1. The number of para-hydroxylation sites is 1. The molecule has 0 saturated heterocycles. The smallest absolute Gasteiger partial charge is 0.153 e. The third-order valence-corrected chi connectivity index (χ3v) is 2.65. The molecular formula is C13H12N4. The lowest BCUT2D eigenvalue weighted by Crippen LogP contribution is -1.89. The van der Waals surface area contributed by atoms with Crippen molar-refractivity contribution in [2.24, 2.45) is 0 Å². The summed E-state index contributed by atoms with van der Waals surface area (Å²) in [4.78, 5) is 0. The Kier molecular flexibility index (Phi) is 2.19. The number of benzene rings is 2. The number of rotatable bonds is 2. The van der Waals surface area contributed by atoms with Crippen LogP contribution >= 0.6 is 0 Å². The molecule has 4 N–H and O–H groups in total. The Morgan fingerprint density at radius 1 is 1.00 bits per heavy atom. The van der Waals surface area contributed by atoms with E-state index in [1.54, 1.807) is 0 Å². The molecule has 0 aliphatic heterocycles. The molecule has 0 unspecified atom stereocenters. The molecular weight excluding hydrogens is 212 g/mol. The quantitative estimate of drug-likeness (QED) is 0.627. The predicted molar refractivity (Wildman–Crippen MR) is 70.2 cm³/mol. The molecule has 0 saturated carbocycles. The van der Waals surface area contributed by atoms with E-state index in [0.717, 1.165) is 22.3 Å². The Balaban J connectivity index is 1.96. The van der Waals surface area contributed by atoms with Gasteiger partial charge in [0.25, 0.3) is 0 Å². The van der Waals surface area contributed by atoms with Crippen LogP contribution in [0.4, 0.5) is 17.2 Å². The van der Waals surface area contributed by atoms with Crippen molar-refractivity contribution in [1.82, 2.24) is 10.2 Å². The Morgan fingerprint density at radius 3 is 2.65 bits per heavy atom. The Morgan fingerprint density at radius 2 is 1.82 bits per heavy atom. The van der Waals surface area contributed by atoms with Crippen LogP contribution in [0.1, 0.15) is 0 Å². The molecule has 0 radical (unpaired) electrons. The molecule has 1 heterocycles. The van der Waals surface area contributed by atoms with Gasteiger partial charge in [-0.15, -0.1) is 0 Å². The average molecular weight is 224 g/mol. The van der Waals surface area contributed by atoms with Gasteiger partial charge >= 0.3 is 0 Å². The lowest BCUT2D eigenvalue weighted by Gasteiger charge is -2.05. The Labute approximate surface area is 98.5 Å². The van der Waals surface area contributed by atoms with Gasteiger partial charge in [0.1, 0.15) is 0 Å². The minimum absolute atomic E-state index is 0.534. The van der Waals surface area contributed by atoms with Crippen LogP contribution in [-0.2, 0) is 0 Å². The van der Waals surface area contributed by atoms with E-state index in [1.165, 1.54) is 0 Å². The topological polar surface area (TPSA) is 66.7 Å². The van der Waals surface area contributed by atoms with E-state index >= 15 is 0 Å². The number of aromatic amines is 1. The number of H-pyrrole nitrogens is 1. The van der Waals surface area contributed by atoms with Crippen LogP contribution in [0.15, 0.2) is 48.5 Å². The van der Waals surface area contributed by atoms with Crippen molar-refractivity contribution in [1.29, 1.82) is 0 Å². The van der Waals surface area contributed by atoms with Gasteiger partial charge in [0.2, 0.25) is 0 Å². The van der Waals surface area contributed by atoms with E-state index in [1.807, 2.05) is 48.5 Å². The summed E-state index contributed by atoms with van der Waals surface area (Å²) < 4.78 is 0. The normalized spacial score (nSPS) is 10.6. The number of hydrogen-bond acceptors (Lipinski definition) is 3. The van der Waals surface area contributed by atoms with Gasteiger partial charge in [-0.3, -0.25) is 5.10 Å². The molecule has 0 aliphatic carbocycles. The lowest BCUT2D eigenvalue weighted by molar-refractivity contribution is 1.13. The monoisotopic (exact) mass is 224 g/mol. The van der Waals surface area contributed by atoms with Crippen molar-refractivity contribution in [3.05, 3.63) is 48.5 Å². The molecule has 0 fully saturated rings. The average Bonchev–Trinajstić information content (AvgIpc) is 2.72. The van der Waals surface area contributed by atoms with Crippen molar-refractivity contribution in [2.75, 3.05) is 11.1 Å². The first kappa shape index (κ1) is 9.72. The molecule has 84 valence electrons. The number of aromatic nitrogens is 2.